The molecule has 7 heteroatoms. The van der Waals surface area contributed by atoms with Gasteiger partial charge in [0, 0.05) is 51.8 Å². The van der Waals surface area contributed by atoms with E-state index in [-0.39, 0.29) is 11.4 Å². The molecule has 0 aliphatic carbocycles. The van der Waals surface area contributed by atoms with Gasteiger partial charge in [0.1, 0.15) is 11.5 Å². The summed E-state index contributed by atoms with van der Waals surface area (Å²) in [6.07, 6.45) is 4.01. The molecule has 1 aromatic heterocycles. The van der Waals surface area contributed by atoms with E-state index in [1.165, 1.54) is 0 Å². The summed E-state index contributed by atoms with van der Waals surface area (Å²) >= 11 is 0. The number of rotatable bonds is 5. The number of anilines is 1. The molecule has 0 amide bonds. The third-order valence-corrected chi connectivity index (χ3v) is 8.73. The van der Waals surface area contributed by atoms with Gasteiger partial charge in [-0.25, -0.2) is 0 Å². The highest BCUT2D eigenvalue weighted by molar-refractivity contribution is 6.12. The number of morpholine rings is 1. The number of aromatic nitrogens is 1. The fraction of sp³-hybridized carbons (Fsp3) is 0.158. The van der Waals surface area contributed by atoms with Crippen LogP contribution in [0.4, 0.5) is 5.69 Å². The van der Waals surface area contributed by atoms with E-state index < -0.39 is 5.60 Å². The molecule has 1 saturated heterocycles. The van der Waals surface area contributed by atoms with E-state index >= 15 is 0 Å². The Morgan fingerprint density at radius 1 is 0.800 bits per heavy atom. The first kappa shape index (κ1) is 27.2. The van der Waals surface area contributed by atoms with Crippen LogP contribution in [0.2, 0.25) is 0 Å². The summed E-state index contributed by atoms with van der Waals surface area (Å²) in [5.41, 5.74) is 3.57. The molecule has 2 aliphatic rings. The molecule has 1 atom stereocenters. The van der Waals surface area contributed by atoms with E-state index in [1.807, 2.05) is 91.0 Å². The Balaban J connectivity index is 1.33. The molecule has 6 aromatic rings. The zero-order chi connectivity index (χ0) is 30.4. The monoisotopic (exact) mass is 594 g/mol. The molecule has 8 rings (SSSR count). The summed E-state index contributed by atoms with van der Waals surface area (Å²) in [5.74, 6) is 1.65. The fourth-order valence-electron chi connectivity index (χ4n) is 6.41. The highest BCUT2D eigenvalue weighted by Gasteiger charge is 2.39. The van der Waals surface area contributed by atoms with Crippen LogP contribution < -0.4 is 19.9 Å². The van der Waals surface area contributed by atoms with Gasteiger partial charge in [-0.15, -0.1) is 0 Å². The van der Waals surface area contributed by atoms with Gasteiger partial charge in [0.15, 0.2) is 11.2 Å². The van der Waals surface area contributed by atoms with Gasteiger partial charge in [-0.05, 0) is 48.6 Å². The second-order valence-corrected chi connectivity index (χ2v) is 11.2. The number of methoxy groups -OCH3 is 1. The predicted octanol–water partition coefficient (Wildman–Crippen LogP) is 7.20. The van der Waals surface area contributed by atoms with Crippen molar-refractivity contribution in [3.8, 4) is 23.0 Å². The van der Waals surface area contributed by atoms with Gasteiger partial charge in [-0.1, -0.05) is 66.7 Å². The topological polar surface area (TPSA) is 74.0 Å². The quantitative estimate of drug-likeness (QED) is 0.195. The summed E-state index contributed by atoms with van der Waals surface area (Å²) in [5, 5.41) is 2.02. The van der Waals surface area contributed by atoms with E-state index in [2.05, 4.69) is 34.1 Å². The number of benzene rings is 5. The Hall–Kier alpha value is -5.40. The van der Waals surface area contributed by atoms with Gasteiger partial charge in [0.2, 0.25) is 5.89 Å². The van der Waals surface area contributed by atoms with E-state index in [9.17, 15) is 4.79 Å². The number of nitrogens with zero attached hydrogens (tertiary/aromatic N) is 2. The molecule has 1 unspecified atom stereocenters. The Kier molecular flexibility index (Phi) is 6.61. The minimum Gasteiger partial charge on any atom is -0.497 e. The minimum atomic E-state index is -0.975. The van der Waals surface area contributed by atoms with Crippen molar-refractivity contribution in [2.75, 3.05) is 38.3 Å². The first-order valence-electron chi connectivity index (χ1n) is 15.1. The van der Waals surface area contributed by atoms with Crippen LogP contribution in [-0.4, -0.2) is 38.4 Å². The molecule has 7 nitrogen and oxygen atoms in total. The SMILES string of the molecule is COc1ccc(C2(c3ccc(N4CCOCC4)cc3)C=Cc3c(c4ccccc4c4oc(-c5ccccc5)nc(=O)c34)O2)cc1. The highest BCUT2D eigenvalue weighted by atomic mass is 16.5. The van der Waals surface area contributed by atoms with Gasteiger partial charge in [-0.3, -0.25) is 4.79 Å². The maximum absolute atomic E-state index is 13.8. The molecule has 2 aliphatic heterocycles. The molecule has 0 radical (unpaired) electrons. The van der Waals surface area contributed by atoms with Crippen molar-refractivity contribution in [3.63, 3.8) is 0 Å². The van der Waals surface area contributed by atoms with Crippen molar-refractivity contribution in [1.82, 2.24) is 4.98 Å². The maximum atomic E-state index is 13.8. The molecule has 1 fully saturated rings. The van der Waals surface area contributed by atoms with Crippen LogP contribution in [0.25, 0.3) is 39.3 Å². The lowest BCUT2D eigenvalue weighted by Crippen LogP contribution is -2.37. The number of fused-ring (bicyclic) bond motifs is 6. The first-order valence-corrected chi connectivity index (χ1v) is 15.1. The molecule has 0 bridgehead atoms. The summed E-state index contributed by atoms with van der Waals surface area (Å²) in [6.45, 7) is 3.15. The predicted molar refractivity (Wildman–Crippen MR) is 176 cm³/mol. The van der Waals surface area contributed by atoms with E-state index in [0.29, 0.717) is 22.3 Å². The van der Waals surface area contributed by atoms with Crippen molar-refractivity contribution >= 4 is 33.5 Å². The van der Waals surface area contributed by atoms with Gasteiger partial charge in [-0.2, -0.15) is 4.98 Å². The van der Waals surface area contributed by atoms with Crippen molar-refractivity contribution < 1.29 is 18.6 Å². The van der Waals surface area contributed by atoms with Gasteiger partial charge >= 0.3 is 0 Å². The highest BCUT2D eigenvalue weighted by Crippen LogP contribution is 2.48. The smallest absolute Gasteiger partial charge is 0.284 e. The zero-order valence-electron chi connectivity index (χ0n) is 24.7. The lowest BCUT2D eigenvalue weighted by atomic mass is 9.82. The normalized spacial score (nSPS) is 17.7. The van der Waals surface area contributed by atoms with Crippen molar-refractivity contribution in [3.05, 3.63) is 136 Å². The lowest BCUT2D eigenvalue weighted by molar-refractivity contribution is 0.122. The molecule has 3 heterocycles. The summed E-state index contributed by atoms with van der Waals surface area (Å²) in [7, 11) is 1.66. The summed E-state index contributed by atoms with van der Waals surface area (Å²) in [4.78, 5) is 20.5. The van der Waals surface area contributed by atoms with Crippen LogP contribution >= 0.6 is 0 Å². The maximum Gasteiger partial charge on any atom is 0.284 e. The lowest BCUT2D eigenvalue weighted by Gasteiger charge is -2.37. The molecule has 0 spiro atoms. The summed E-state index contributed by atoms with van der Waals surface area (Å²) in [6, 6.07) is 33.8. The Labute approximate surface area is 259 Å². The van der Waals surface area contributed by atoms with E-state index in [1.54, 1.807) is 7.11 Å². The van der Waals surface area contributed by atoms with Crippen LogP contribution in [0.15, 0.2) is 118 Å². The number of ether oxygens (including phenoxy) is 3. The van der Waals surface area contributed by atoms with E-state index in [4.69, 9.17) is 18.6 Å². The second-order valence-electron chi connectivity index (χ2n) is 11.2. The van der Waals surface area contributed by atoms with Crippen LogP contribution in [0, 0.1) is 0 Å². The van der Waals surface area contributed by atoms with Gasteiger partial charge in [0.25, 0.3) is 5.56 Å². The van der Waals surface area contributed by atoms with Crippen molar-refractivity contribution in [2.45, 2.75) is 5.60 Å². The second kappa shape index (κ2) is 10.9. The molecule has 222 valence electrons. The zero-order valence-corrected chi connectivity index (χ0v) is 24.7. The molecule has 0 saturated carbocycles. The average Bonchev–Trinajstić information content (AvgIpc) is 3.12. The molecular weight excluding hydrogens is 564 g/mol. The van der Waals surface area contributed by atoms with Crippen LogP contribution in [-0.2, 0) is 10.3 Å². The standard InChI is InChI=1S/C38H30N2O5/c1-42-29-17-13-27(14-18-29)38(26-11-15-28(16-12-26)40-21-23-43-24-22-40)20-19-32-33-35(31-10-6-5-9-30(31)34(32)45-38)44-37(39-36(33)41)25-7-3-2-4-8-25/h2-20H,21-24H2,1H3. The number of hydrogen-bond acceptors (Lipinski definition) is 7. The van der Waals surface area contributed by atoms with Crippen LogP contribution in [0.5, 0.6) is 11.5 Å². The third kappa shape index (κ3) is 4.55. The van der Waals surface area contributed by atoms with Crippen LogP contribution in [0.1, 0.15) is 16.7 Å². The molecule has 0 N–H and O–H groups in total. The largest absolute Gasteiger partial charge is 0.497 e. The molecular formula is C38H30N2O5. The Morgan fingerprint density at radius 3 is 2.18 bits per heavy atom. The average molecular weight is 595 g/mol. The van der Waals surface area contributed by atoms with Crippen molar-refractivity contribution in [2.24, 2.45) is 0 Å². The first-order chi connectivity index (χ1) is 22.1. The van der Waals surface area contributed by atoms with Crippen LogP contribution in [0.3, 0.4) is 0 Å². The Morgan fingerprint density at radius 2 is 1.47 bits per heavy atom. The molecule has 45 heavy (non-hydrogen) atoms. The third-order valence-electron chi connectivity index (χ3n) is 8.73. The van der Waals surface area contributed by atoms with E-state index in [0.717, 1.165) is 65.2 Å². The minimum absolute atomic E-state index is 0.284. The fourth-order valence-corrected chi connectivity index (χ4v) is 6.41. The van der Waals surface area contributed by atoms with Gasteiger partial charge < -0.3 is 23.5 Å². The van der Waals surface area contributed by atoms with Gasteiger partial charge in [0.05, 0.1) is 25.7 Å². The molecule has 5 aromatic carbocycles. The van der Waals surface area contributed by atoms with Crippen molar-refractivity contribution in [1.29, 1.82) is 0 Å². The Bertz CT molecular complexity index is 2120. The number of hydrogen-bond donors (Lipinski definition) is 0. The summed E-state index contributed by atoms with van der Waals surface area (Å²) < 4.78 is 24.6.